The SMILES string of the molecule is C=CC[C@H]1CCCC(=O)N2[C@@H](CCCCCC)C[C@H](O)[C@H]12. The zero-order valence-electron chi connectivity index (χ0n) is 13.5. The minimum Gasteiger partial charge on any atom is -0.391 e. The molecule has 2 rings (SSSR count). The first-order chi connectivity index (χ1) is 10.2. The van der Waals surface area contributed by atoms with Crippen molar-refractivity contribution in [3.63, 3.8) is 0 Å². The first kappa shape index (κ1) is 16.5. The van der Waals surface area contributed by atoms with Crippen LogP contribution in [0.2, 0.25) is 0 Å². The third-order valence-corrected chi connectivity index (χ3v) is 5.22. The minimum absolute atomic E-state index is 0.0363. The Morgan fingerprint density at radius 2 is 2.19 bits per heavy atom. The van der Waals surface area contributed by atoms with Crippen molar-refractivity contribution in [2.75, 3.05) is 0 Å². The summed E-state index contributed by atoms with van der Waals surface area (Å²) in [5.74, 6) is 0.660. The van der Waals surface area contributed by atoms with Crippen LogP contribution >= 0.6 is 0 Å². The summed E-state index contributed by atoms with van der Waals surface area (Å²) in [4.78, 5) is 14.5. The number of carbonyl (C=O) groups excluding carboxylic acids is 1. The van der Waals surface area contributed by atoms with Gasteiger partial charge in [-0.05, 0) is 38.0 Å². The summed E-state index contributed by atoms with van der Waals surface area (Å²) in [5.41, 5.74) is 0. The second kappa shape index (κ2) is 7.98. The molecule has 3 nitrogen and oxygen atoms in total. The molecule has 0 bridgehead atoms. The summed E-state index contributed by atoms with van der Waals surface area (Å²) in [7, 11) is 0. The summed E-state index contributed by atoms with van der Waals surface area (Å²) < 4.78 is 0. The Morgan fingerprint density at radius 1 is 1.38 bits per heavy atom. The normalized spacial score (nSPS) is 32.9. The van der Waals surface area contributed by atoms with Crippen LogP contribution in [0.4, 0.5) is 0 Å². The van der Waals surface area contributed by atoms with Crippen LogP contribution in [0.5, 0.6) is 0 Å². The van der Waals surface area contributed by atoms with Gasteiger partial charge in [-0.2, -0.15) is 0 Å². The van der Waals surface area contributed by atoms with Crippen LogP contribution < -0.4 is 0 Å². The molecule has 1 amide bonds. The lowest BCUT2D eigenvalue weighted by atomic mass is 9.89. The van der Waals surface area contributed by atoms with Gasteiger partial charge < -0.3 is 10.0 Å². The Balaban J connectivity index is 2.04. The van der Waals surface area contributed by atoms with Crippen LogP contribution in [0, 0.1) is 5.92 Å². The molecular weight excluding hydrogens is 262 g/mol. The smallest absolute Gasteiger partial charge is 0.223 e. The lowest BCUT2D eigenvalue weighted by Gasteiger charge is -2.33. The predicted molar refractivity (Wildman–Crippen MR) is 86.0 cm³/mol. The van der Waals surface area contributed by atoms with Gasteiger partial charge in [0, 0.05) is 12.5 Å². The van der Waals surface area contributed by atoms with Crippen molar-refractivity contribution >= 4 is 5.91 Å². The Kier molecular flexibility index (Phi) is 6.28. The molecule has 0 aromatic carbocycles. The van der Waals surface area contributed by atoms with Crippen molar-refractivity contribution in [3.05, 3.63) is 12.7 Å². The van der Waals surface area contributed by atoms with E-state index in [-0.39, 0.29) is 24.1 Å². The predicted octanol–water partition coefficient (Wildman–Crippen LogP) is 3.66. The fraction of sp³-hybridized carbons (Fsp3) is 0.833. The van der Waals surface area contributed by atoms with E-state index >= 15 is 0 Å². The molecular formula is C18H31NO2. The molecule has 0 unspecified atom stereocenters. The Morgan fingerprint density at radius 3 is 2.90 bits per heavy atom. The van der Waals surface area contributed by atoms with E-state index in [1.165, 1.54) is 25.7 Å². The number of nitrogens with zero attached hydrogens (tertiary/aromatic N) is 1. The molecule has 2 aliphatic rings. The molecule has 0 aromatic rings. The molecule has 1 N–H and O–H groups in total. The van der Waals surface area contributed by atoms with Crippen molar-refractivity contribution in [1.29, 1.82) is 0 Å². The zero-order valence-corrected chi connectivity index (χ0v) is 13.5. The zero-order chi connectivity index (χ0) is 15.2. The molecule has 0 saturated carbocycles. The average Bonchev–Trinajstić information content (AvgIpc) is 2.69. The number of carbonyl (C=O) groups is 1. The Labute approximate surface area is 129 Å². The quantitative estimate of drug-likeness (QED) is 0.575. The molecule has 21 heavy (non-hydrogen) atoms. The van der Waals surface area contributed by atoms with Gasteiger partial charge in [-0.3, -0.25) is 4.79 Å². The third kappa shape index (κ3) is 3.88. The van der Waals surface area contributed by atoms with Gasteiger partial charge in [0.15, 0.2) is 0 Å². The number of rotatable bonds is 7. The van der Waals surface area contributed by atoms with Gasteiger partial charge in [-0.15, -0.1) is 6.58 Å². The summed E-state index contributed by atoms with van der Waals surface area (Å²) in [5, 5.41) is 10.5. The second-order valence-electron chi connectivity index (χ2n) is 6.77. The maximum atomic E-state index is 12.5. The van der Waals surface area contributed by atoms with Gasteiger partial charge >= 0.3 is 0 Å². The van der Waals surface area contributed by atoms with Gasteiger partial charge in [0.1, 0.15) is 0 Å². The first-order valence-electron chi connectivity index (χ1n) is 8.79. The van der Waals surface area contributed by atoms with E-state index in [2.05, 4.69) is 18.4 Å². The maximum absolute atomic E-state index is 12.5. The van der Waals surface area contributed by atoms with Gasteiger partial charge in [-0.25, -0.2) is 0 Å². The highest BCUT2D eigenvalue weighted by Gasteiger charge is 2.46. The lowest BCUT2D eigenvalue weighted by molar-refractivity contribution is -0.135. The van der Waals surface area contributed by atoms with Gasteiger partial charge in [0.05, 0.1) is 12.1 Å². The Hall–Kier alpha value is -0.830. The summed E-state index contributed by atoms with van der Waals surface area (Å²) in [6.45, 7) is 6.06. The standard InChI is InChI=1S/C18H31NO2/c1-3-5-6-7-11-15-13-16(20)18-14(9-4-2)10-8-12-17(21)19(15)18/h4,14-16,18,20H,2-3,5-13H2,1H3/t14-,15-,16-,18-/m0/s1. The molecule has 2 heterocycles. The number of hydrogen-bond donors (Lipinski definition) is 1. The van der Waals surface area contributed by atoms with Crippen LogP contribution in [0.25, 0.3) is 0 Å². The van der Waals surface area contributed by atoms with Crippen LogP contribution in [0.1, 0.15) is 71.1 Å². The molecule has 2 aliphatic heterocycles. The van der Waals surface area contributed by atoms with E-state index < -0.39 is 0 Å². The molecule has 120 valence electrons. The summed E-state index contributed by atoms with van der Waals surface area (Å²) in [6, 6.07) is 0.300. The summed E-state index contributed by atoms with van der Waals surface area (Å²) in [6.07, 6.45) is 11.9. The number of amides is 1. The largest absolute Gasteiger partial charge is 0.391 e. The number of allylic oxidation sites excluding steroid dienone is 1. The van der Waals surface area contributed by atoms with Crippen LogP contribution in [-0.4, -0.2) is 34.1 Å². The Bertz CT molecular complexity index is 355. The first-order valence-corrected chi connectivity index (χ1v) is 8.79. The molecule has 0 radical (unpaired) electrons. The molecule has 0 aromatic heterocycles. The van der Waals surface area contributed by atoms with E-state index in [0.717, 1.165) is 32.1 Å². The number of aliphatic hydroxyl groups excluding tert-OH is 1. The maximum Gasteiger partial charge on any atom is 0.223 e. The molecule has 3 heteroatoms. The third-order valence-electron chi connectivity index (χ3n) is 5.22. The molecule has 0 aliphatic carbocycles. The number of fused-ring (bicyclic) bond motifs is 1. The molecule has 4 atom stereocenters. The summed E-state index contributed by atoms with van der Waals surface area (Å²) >= 11 is 0. The minimum atomic E-state index is -0.340. The molecule has 2 fully saturated rings. The van der Waals surface area contributed by atoms with E-state index in [9.17, 15) is 9.90 Å². The van der Waals surface area contributed by atoms with Gasteiger partial charge in [0.25, 0.3) is 0 Å². The van der Waals surface area contributed by atoms with Crippen molar-refractivity contribution < 1.29 is 9.90 Å². The van der Waals surface area contributed by atoms with E-state index in [1.807, 2.05) is 6.08 Å². The van der Waals surface area contributed by atoms with Crippen molar-refractivity contribution in [3.8, 4) is 0 Å². The fourth-order valence-electron chi connectivity index (χ4n) is 4.22. The van der Waals surface area contributed by atoms with Gasteiger partial charge in [0.2, 0.25) is 5.91 Å². The van der Waals surface area contributed by atoms with Crippen LogP contribution in [0.3, 0.4) is 0 Å². The van der Waals surface area contributed by atoms with E-state index in [0.29, 0.717) is 12.3 Å². The average molecular weight is 293 g/mol. The second-order valence-corrected chi connectivity index (χ2v) is 6.77. The highest BCUT2D eigenvalue weighted by atomic mass is 16.3. The fourth-order valence-corrected chi connectivity index (χ4v) is 4.22. The molecule has 0 spiro atoms. The van der Waals surface area contributed by atoms with Crippen LogP contribution in [0.15, 0.2) is 12.7 Å². The van der Waals surface area contributed by atoms with E-state index in [4.69, 9.17) is 0 Å². The highest BCUT2D eigenvalue weighted by Crippen LogP contribution is 2.38. The number of hydrogen-bond acceptors (Lipinski definition) is 2. The van der Waals surface area contributed by atoms with Crippen LogP contribution in [-0.2, 0) is 4.79 Å². The monoisotopic (exact) mass is 293 g/mol. The van der Waals surface area contributed by atoms with Crippen molar-refractivity contribution in [1.82, 2.24) is 4.90 Å². The number of unbranched alkanes of at least 4 members (excludes halogenated alkanes) is 3. The van der Waals surface area contributed by atoms with Crippen molar-refractivity contribution in [2.45, 2.75) is 89.3 Å². The van der Waals surface area contributed by atoms with E-state index in [1.54, 1.807) is 0 Å². The lowest BCUT2D eigenvalue weighted by Crippen LogP contribution is -2.45. The highest BCUT2D eigenvalue weighted by molar-refractivity contribution is 5.77. The van der Waals surface area contributed by atoms with Crippen molar-refractivity contribution in [2.24, 2.45) is 5.92 Å². The topological polar surface area (TPSA) is 40.5 Å². The van der Waals surface area contributed by atoms with Gasteiger partial charge in [-0.1, -0.05) is 38.7 Å². The number of aliphatic hydroxyl groups is 1. The molecule has 2 saturated heterocycles.